The van der Waals surface area contributed by atoms with Gasteiger partial charge in [0.05, 0.1) is 12.2 Å². The van der Waals surface area contributed by atoms with Crippen molar-refractivity contribution in [2.24, 2.45) is 0 Å². The third kappa shape index (κ3) is 2.67. The normalized spacial score (nSPS) is 28.8. The molecule has 60 valence electrons. The summed E-state index contributed by atoms with van der Waals surface area (Å²) < 4.78 is 5.39. The number of aliphatic hydroxyl groups excluding tert-OH is 1. The lowest BCUT2D eigenvalue weighted by atomic mass is 10.1. The van der Waals surface area contributed by atoms with Crippen LogP contribution in [0.25, 0.3) is 0 Å². The minimum atomic E-state index is -0.163. The summed E-state index contributed by atoms with van der Waals surface area (Å²) in [7, 11) is 0. The average Bonchev–Trinajstić information content (AvgIpc) is 2.34. The summed E-state index contributed by atoms with van der Waals surface area (Å²) >= 11 is 0. The molecule has 1 fully saturated rings. The van der Waals surface area contributed by atoms with Gasteiger partial charge in [0, 0.05) is 6.61 Å². The standard InChI is InChI=1S/C8H16O2/c1-7(9)4-5-8-3-2-6-10-8/h7-9H,2-6H2,1H3/t7-,8-/m1/s1. The second kappa shape index (κ2) is 3.94. The number of hydrogen-bond acceptors (Lipinski definition) is 2. The molecule has 0 saturated carbocycles. The molecule has 0 aromatic heterocycles. The molecule has 0 unspecified atom stereocenters. The fraction of sp³-hybridized carbons (Fsp3) is 1.00. The smallest absolute Gasteiger partial charge is 0.0577 e. The first-order chi connectivity index (χ1) is 4.79. The molecule has 0 spiro atoms. The van der Waals surface area contributed by atoms with Crippen molar-refractivity contribution in [1.82, 2.24) is 0 Å². The Morgan fingerprint density at radius 3 is 3.00 bits per heavy atom. The summed E-state index contributed by atoms with van der Waals surface area (Å²) in [5.74, 6) is 0. The number of rotatable bonds is 3. The van der Waals surface area contributed by atoms with Crippen molar-refractivity contribution in [1.29, 1.82) is 0 Å². The van der Waals surface area contributed by atoms with Crippen LogP contribution in [0.2, 0.25) is 0 Å². The first-order valence-electron chi connectivity index (χ1n) is 4.08. The van der Waals surface area contributed by atoms with Crippen LogP contribution in [-0.2, 0) is 4.74 Å². The third-order valence-electron chi connectivity index (χ3n) is 1.93. The molecule has 2 nitrogen and oxygen atoms in total. The average molecular weight is 144 g/mol. The Kier molecular flexibility index (Phi) is 3.16. The minimum absolute atomic E-state index is 0.163. The summed E-state index contributed by atoms with van der Waals surface area (Å²) in [5, 5.41) is 8.96. The van der Waals surface area contributed by atoms with Crippen LogP contribution in [0.1, 0.15) is 32.6 Å². The molecule has 0 aromatic carbocycles. The predicted molar refractivity (Wildman–Crippen MR) is 39.9 cm³/mol. The highest BCUT2D eigenvalue weighted by atomic mass is 16.5. The van der Waals surface area contributed by atoms with Gasteiger partial charge in [-0.25, -0.2) is 0 Å². The SMILES string of the molecule is C[C@@H](O)CC[C@H]1CCCO1. The summed E-state index contributed by atoms with van der Waals surface area (Å²) in [6.07, 6.45) is 4.57. The molecule has 2 atom stereocenters. The second-order valence-corrected chi connectivity index (χ2v) is 3.06. The molecular formula is C8H16O2. The Bertz CT molecular complexity index is 85.3. The molecule has 0 radical (unpaired) electrons. The van der Waals surface area contributed by atoms with Gasteiger partial charge in [-0.1, -0.05) is 0 Å². The van der Waals surface area contributed by atoms with Crippen molar-refractivity contribution < 1.29 is 9.84 Å². The van der Waals surface area contributed by atoms with Crippen molar-refractivity contribution in [3.8, 4) is 0 Å². The van der Waals surface area contributed by atoms with Crippen molar-refractivity contribution >= 4 is 0 Å². The van der Waals surface area contributed by atoms with Gasteiger partial charge >= 0.3 is 0 Å². The van der Waals surface area contributed by atoms with E-state index in [-0.39, 0.29) is 6.10 Å². The summed E-state index contributed by atoms with van der Waals surface area (Å²) in [6.45, 7) is 2.75. The largest absolute Gasteiger partial charge is 0.393 e. The number of aliphatic hydroxyl groups is 1. The maximum atomic E-state index is 8.96. The predicted octanol–water partition coefficient (Wildman–Crippen LogP) is 1.33. The summed E-state index contributed by atoms with van der Waals surface area (Å²) in [4.78, 5) is 0. The molecule has 0 amide bonds. The zero-order chi connectivity index (χ0) is 7.40. The molecular weight excluding hydrogens is 128 g/mol. The highest BCUT2D eigenvalue weighted by Crippen LogP contribution is 2.17. The van der Waals surface area contributed by atoms with E-state index in [9.17, 15) is 0 Å². The van der Waals surface area contributed by atoms with E-state index in [2.05, 4.69) is 0 Å². The van der Waals surface area contributed by atoms with Gasteiger partial charge in [0.25, 0.3) is 0 Å². The Hall–Kier alpha value is -0.0800. The molecule has 2 heteroatoms. The molecule has 0 aromatic rings. The highest BCUT2D eigenvalue weighted by molar-refractivity contribution is 4.65. The van der Waals surface area contributed by atoms with E-state index < -0.39 is 0 Å². The van der Waals surface area contributed by atoms with Gasteiger partial charge in [-0.2, -0.15) is 0 Å². The van der Waals surface area contributed by atoms with Crippen molar-refractivity contribution in [3.63, 3.8) is 0 Å². The van der Waals surface area contributed by atoms with Crippen LogP contribution in [0, 0.1) is 0 Å². The van der Waals surface area contributed by atoms with Crippen LogP contribution in [0.4, 0.5) is 0 Å². The van der Waals surface area contributed by atoms with E-state index in [0.717, 1.165) is 19.4 Å². The minimum Gasteiger partial charge on any atom is -0.393 e. The Balaban J connectivity index is 2.01. The highest BCUT2D eigenvalue weighted by Gasteiger charge is 2.15. The summed E-state index contributed by atoms with van der Waals surface area (Å²) in [6, 6.07) is 0. The Morgan fingerprint density at radius 2 is 2.50 bits per heavy atom. The van der Waals surface area contributed by atoms with Gasteiger partial charge < -0.3 is 9.84 Å². The van der Waals surface area contributed by atoms with Crippen LogP contribution in [0.3, 0.4) is 0 Å². The first-order valence-corrected chi connectivity index (χ1v) is 4.08. The van der Waals surface area contributed by atoms with Crippen LogP contribution < -0.4 is 0 Å². The maximum absolute atomic E-state index is 8.96. The quantitative estimate of drug-likeness (QED) is 0.647. The molecule has 1 aliphatic rings. The third-order valence-corrected chi connectivity index (χ3v) is 1.93. The van der Waals surface area contributed by atoms with Crippen molar-refractivity contribution in [2.75, 3.05) is 6.61 Å². The fourth-order valence-corrected chi connectivity index (χ4v) is 1.30. The van der Waals surface area contributed by atoms with Crippen LogP contribution >= 0.6 is 0 Å². The van der Waals surface area contributed by atoms with Crippen LogP contribution in [0.15, 0.2) is 0 Å². The van der Waals surface area contributed by atoms with Crippen molar-refractivity contribution in [3.05, 3.63) is 0 Å². The molecule has 1 rings (SSSR count). The Labute approximate surface area is 62.2 Å². The van der Waals surface area contributed by atoms with E-state index in [0.29, 0.717) is 6.10 Å². The second-order valence-electron chi connectivity index (χ2n) is 3.06. The first kappa shape index (κ1) is 8.02. The van der Waals surface area contributed by atoms with Crippen LogP contribution in [0.5, 0.6) is 0 Å². The van der Waals surface area contributed by atoms with Gasteiger partial charge in [-0.05, 0) is 32.6 Å². The van der Waals surface area contributed by atoms with Gasteiger partial charge in [-0.15, -0.1) is 0 Å². The van der Waals surface area contributed by atoms with Gasteiger partial charge in [-0.3, -0.25) is 0 Å². The van der Waals surface area contributed by atoms with Crippen molar-refractivity contribution in [2.45, 2.75) is 44.8 Å². The van der Waals surface area contributed by atoms with Crippen LogP contribution in [-0.4, -0.2) is 23.9 Å². The fourth-order valence-electron chi connectivity index (χ4n) is 1.30. The molecule has 10 heavy (non-hydrogen) atoms. The lowest BCUT2D eigenvalue weighted by Crippen LogP contribution is -2.09. The lowest BCUT2D eigenvalue weighted by molar-refractivity contribution is 0.0852. The molecule has 0 bridgehead atoms. The van der Waals surface area contributed by atoms with Gasteiger partial charge in [0.2, 0.25) is 0 Å². The molecule has 1 N–H and O–H groups in total. The number of hydrogen-bond donors (Lipinski definition) is 1. The molecule has 1 heterocycles. The molecule has 1 saturated heterocycles. The number of ether oxygens (including phenoxy) is 1. The Morgan fingerprint density at radius 1 is 1.70 bits per heavy atom. The van der Waals surface area contributed by atoms with E-state index in [1.807, 2.05) is 6.92 Å². The van der Waals surface area contributed by atoms with Gasteiger partial charge in [0.1, 0.15) is 0 Å². The van der Waals surface area contributed by atoms with Gasteiger partial charge in [0.15, 0.2) is 0 Å². The zero-order valence-corrected chi connectivity index (χ0v) is 6.55. The maximum Gasteiger partial charge on any atom is 0.0577 e. The zero-order valence-electron chi connectivity index (χ0n) is 6.55. The van der Waals surface area contributed by atoms with E-state index in [1.54, 1.807) is 0 Å². The monoisotopic (exact) mass is 144 g/mol. The lowest BCUT2D eigenvalue weighted by Gasteiger charge is -2.09. The molecule has 0 aliphatic carbocycles. The van der Waals surface area contributed by atoms with E-state index in [4.69, 9.17) is 9.84 Å². The molecule has 1 aliphatic heterocycles. The van der Waals surface area contributed by atoms with E-state index >= 15 is 0 Å². The topological polar surface area (TPSA) is 29.5 Å². The summed E-state index contributed by atoms with van der Waals surface area (Å²) in [5.41, 5.74) is 0. The van der Waals surface area contributed by atoms with E-state index in [1.165, 1.54) is 12.8 Å².